The zero-order valence-corrected chi connectivity index (χ0v) is 12.6. The van der Waals surface area contributed by atoms with Gasteiger partial charge in [0.2, 0.25) is 0 Å². The molecule has 1 heterocycles. The second kappa shape index (κ2) is 6.61. The molecular weight excluding hydrogens is 280 g/mol. The van der Waals surface area contributed by atoms with Crippen LogP contribution in [0.25, 0.3) is 0 Å². The van der Waals surface area contributed by atoms with E-state index in [4.69, 9.17) is 15.7 Å². The molecule has 1 atom stereocenters. The normalized spacial score (nSPS) is 21.3. The van der Waals surface area contributed by atoms with Gasteiger partial charge in [-0.15, -0.1) is 0 Å². The first-order chi connectivity index (χ1) is 11.4. The molecule has 3 rings (SSSR count). The highest BCUT2D eigenvalue weighted by Crippen LogP contribution is 2.30. The Balaban J connectivity index is 1.85. The van der Waals surface area contributed by atoms with E-state index in [2.05, 4.69) is 29.2 Å². The molecule has 0 unspecified atom stereocenters. The van der Waals surface area contributed by atoms with E-state index in [1.807, 2.05) is 30.3 Å². The van der Waals surface area contributed by atoms with Gasteiger partial charge in [0, 0.05) is 35.3 Å². The summed E-state index contributed by atoms with van der Waals surface area (Å²) < 4.78 is 22.7. The maximum Gasteiger partial charge on any atom is 0.0602 e. The Labute approximate surface area is 136 Å². The number of hydrogen-bond acceptors (Lipinski definition) is 2. The highest BCUT2D eigenvalue weighted by molar-refractivity contribution is 6.30. The number of hydrogen-bond donors (Lipinski definition) is 0. The van der Waals surface area contributed by atoms with E-state index >= 15 is 0 Å². The van der Waals surface area contributed by atoms with Gasteiger partial charge in [-0.1, -0.05) is 54.1 Å². The molecule has 1 saturated heterocycles. The second-order valence-corrected chi connectivity index (χ2v) is 5.82. The molecule has 0 aromatic heterocycles. The summed E-state index contributed by atoms with van der Waals surface area (Å²) in [6.07, 6.45) is 0. The van der Waals surface area contributed by atoms with Gasteiger partial charge in [0.25, 0.3) is 0 Å². The van der Waals surface area contributed by atoms with E-state index in [0.717, 1.165) is 18.1 Å². The van der Waals surface area contributed by atoms with Crippen molar-refractivity contribution in [2.45, 2.75) is 6.04 Å². The summed E-state index contributed by atoms with van der Waals surface area (Å²) in [7, 11) is 0. The first kappa shape index (κ1) is 11.2. The van der Waals surface area contributed by atoms with Gasteiger partial charge in [-0.2, -0.15) is 0 Å². The van der Waals surface area contributed by atoms with Crippen LogP contribution < -0.4 is 0 Å². The average molecular weight is 304 g/mol. The summed E-state index contributed by atoms with van der Waals surface area (Å²) in [6, 6.07) is 18.4. The minimum Gasteiger partial charge on any atom is -0.304 e. The highest BCUT2D eigenvalue weighted by Gasteiger charge is 2.25. The van der Waals surface area contributed by atoms with Gasteiger partial charge >= 0.3 is 0 Å². The molecule has 1 fully saturated rings. The van der Waals surface area contributed by atoms with Gasteiger partial charge in [-0.25, -0.2) is 0 Å². The van der Waals surface area contributed by atoms with E-state index in [1.165, 1.54) is 11.1 Å². The molecule has 0 radical (unpaired) electrons. The Hall–Kier alpha value is -1.35. The summed E-state index contributed by atoms with van der Waals surface area (Å²) in [5, 5.41) is 0.720. The summed E-state index contributed by atoms with van der Waals surface area (Å²) in [5.74, 6) is 0. The number of rotatable bonds is 3. The van der Waals surface area contributed by atoms with Crippen molar-refractivity contribution in [2.75, 3.05) is 33.2 Å². The van der Waals surface area contributed by atoms with Gasteiger partial charge in [0.05, 0.1) is 6.04 Å². The van der Waals surface area contributed by atoms with Gasteiger partial charge < -0.3 is 4.90 Å². The van der Waals surface area contributed by atoms with Gasteiger partial charge in [0.15, 0.2) is 0 Å². The minimum absolute atomic E-state index is 0.113. The molecule has 0 N–H and O–H groups in total. The maximum atomic E-state index is 7.58. The third-order valence-electron chi connectivity index (χ3n) is 3.98. The fourth-order valence-electron chi connectivity index (χ4n) is 2.87. The summed E-state index contributed by atoms with van der Waals surface area (Å²) in [4.78, 5) is 3.92. The van der Waals surface area contributed by atoms with Crippen molar-refractivity contribution in [1.82, 2.24) is 9.80 Å². The lowest BCUT2D eigenvalue weighted by Gasteiger charge is -2.38. The number of nitrogens with zero attached hydrogens (tertiary/aromatic N) is 2. The van der Waals surface area contributed by atoms with Crippen LogP contribution in [-0.4, -0.2) is 43.0 Å². The van der Waals surface area contributed by atoms with Crippen LogP contribution in [0.1, 0.15) is 21.3 Å². The Morgan fingerprint density at radius 2 is 1.52 bits per heavy atom. The lowest BCUT2D eigenvalue weighted by Crippen LogP contribution is -2.46. The predicted octanol–water partition coefficient (Wildman–Crippen LogP) is 3.68. The van der Waals surface area contributed by atoms with E-state index in [-0.39, 0.29) is 6.04 Å². The van der Waals surface area contributed by atoms with Crippen molar-refractivity contribution >= 4 is 11.6 Å². The lowest BCUT2D eigenvalue weighted by molar-refractivity contribution is 0.127. The molecule has 1 aliphatic heterocycles. The van der Waals surface area contributed by atoms with Crippen LogP contribution in [0.2, 0.25) is 5.02 Å². The largest absolute Gasteiger partial charge is 0.304 e. The van der Waals surface area contributed by atoms with Crippen molar-refractivity contribution in [3.63, 3.8) is 0 Å². The second-order valence-electron chi connectivity index (χ2n) is 5.39. The average Bonchev–Trinajstić information content (AvgIpc) is 2.58. The van der Waals surface area contributed by atoms with Crippen LogP contribution in [-0.2, 0) is 0 Å². The Morgan fingerprint density at radius 3 is 2.14 bits per heavy atom. The molecule has 1 aliphatic rings. The number of piperazine rings is 1. The van der Waals surface area contributed by atoms with Crippen LogP contribution in [0, 0.1) is 0 Å². The van der Waals surface area contributed by atoms with Crippen LogP contribution in [0.5, 0.6) is 0 Å². The molecule has 0 aliphatic carbocycles. The molecular formula is C18H21ClN2. The topological polar surface area (TPSA) is 6.48 Å². The summed E-state index contributed by atoms with van der Waals surface area (Å²) in [5.41, 5.74) is 2.38. The maximum absolute atomic E-state index is 7.58. The SMILES string of the molecule is [2H]C([2H])([2H])N1CCN([C@H](c2ccccc2)c2ccc(Cl)cc2)CC1. The molecule has 0 amide bonds. The first-order valence-corrected chi connectivity index (χ1v) is 7.62. The number of likely N-dealkylation sites (N-methyl/N-ethyl adjacent to an activating group) is 1. The molecule has 2 nitrogen and oxygen atoms in total. The van der Waals surface area contributed by atoms with Crippen molar-refractivity contribution < 1.29 is 4.11 Å². The molecule has 0 spiro atoms. The standard InChI is InChI=1S/C18H21ClN2/c1-20-11-13-21(14-12-20)18(15-5-3-2-4-6-15)16-7-9-17(19)10-8-16/h2-10,18H,11-14H2,1H3/t18-/m1/s1/i1D3. The minimum atomic E-state index is -2.01. The van der Waals surface area contributed by atoms with Crippen LogP contribution in [0.3, 0.4) is 0 Å². The van der Waals surface area contributed by atoms with E-state index in [1.54, 1.807) is 4.90 Å². The Kier molecular flexibility index (Phi) is 3.54. The third-order valence-corrected chi connectivity index (χ3v) is 4.23. The van der Waals surface area contributed by atoms with Crippen LogP contribution in [0.15, 0.2) is 54.6 Å². The smallest absolute Gasteiger partial charge is 0.0602 e. The fourth-order valence-corrected chi connectivity index (χ4v) is 3.00. The molecule has 2 aromatic carbocycles. The van der Waals surface area contributed by atoms with Gasteiger partial charge in [-0.05, 0) is 30.2 Å². The Morgan fingerprint density at radius 1 is 0.905 bits per heavy atom. The van der Waals surface area contributed by atoms with Gasteiger partial charge in [0.1, 0.15) is 0 Å². The molecule has 0 bridgehead atoms. The quantitative estimate of drug-likeness (QED) is 0.853. The molecule has 21 heavy (non-hydrogen) atoms. The zero-order valence-electron chi connectivity index (χ0n) is 14.9. The summed E-state index contributed by atoms with van der Waals surface area (Å²) in [6.45, 7) is 0.538. The van der Waals surface area contributed by atoms with E-state index in [9.17, 15) is 0 Å². The van der Waals surface area contributed by atoms with Crippen LogP contribution >= 0.6 is 11.6 Å². The van der Waals surface area contributed by atoms with E-state index in [0.29, 0.717) is 13.1 Å². The molecule has 110 valence electrons. The van der Waals surface area contributed by atoms with Gasteiger partial charge in [-0.3, -0.25) is 4.90 Å². The number of halogens is 1. The first-order valence-electron chi connectivity index (χ1n) is 8.75. The molecule has 2 aromatic rings. The predicted molar refractivity (Wildman–Crippen MR) is 88.8 cm³/mol. The third kappa shape index (κ3) is 3.46. The highest BCUT2D eigenvalue weighted by atomic mass is 35.5. The fraction of sp³-hybridized carbons (Fsp3) is 0.333. The monoisotopic (exact) mass is 303 g/mol. The van der Waals surface area contributed by atoms with Crippen molar-refractivity contribution in [3.05, 3.63) is 70.7 Å². The van der Waals surface area contributed by atoms with E-state index < -0.39 is 6.98 Å². The molecule has 3 heteroatoms. The van der Waals surface area contributed by atoms with Crippen molar-refractivity contribution in [1.29, 1.82) is 0 Å². The lowest BCUT2D eigenvalue weighted by atomic mass is 9.96. The van der Waals surface area contributed by atoms with Crippen LogP contribution in [0.4, 0.5) is 0 Å². The number of benzene rings is 2. The summed E-state index contributed by atoms with van der Waals surface area (Å²) >= 11 is 6.03. The van der Waals surface area contributed by atoms with Crippen molar-refractivity contribution in [3.8, 4) is 0 Å². The Bertz CT molecular complexity index is 650. The zero-order chi connectivity index (χ0) is 17.2. The van der Waals surface area contributed by atoms with Crippen molar-refractivity contribution in [2.24, 2.45) is 0 Å². The molecule has 0 saturated carbocycles.